The van der Waals surface area contributed by atoms with Crippen LogP contribution in [0.25, 0.3) is 0 Å². The number of nitrogens with one attached hydrogen (secondary N) is 1. The van der Waals surface area contributed by atoms with Crippen LogP contribution in [0.1, 0.15) is 15.9 Å². The number of anilines is 1. The predicted molar refractivity (Wildman–Crippen MR) is 51.8 cm³/mol. The highest BCUT2D eigenvalue weighted by Gasteiger charge is 2.29. The normalized spacial score (nSPS) is 14.3. The van der Waals surface area contributed by atoms with Crippen LogP contribution in [0.3, 0.4) is 0 Å². The van der Waals surface area contributed by atoms with E-state index in [-0.39, 0.29) is 0 Å². The molecule has 0 aromatic heterocycles. The first-order chi connectivity index (χ1) is 6.11. The second-order valence-corrected chi connectivity index (χ2v) is 3.73. The maximum absolute atomic E-state index is 11.3. The summed E-state index contributed by atoms with van der Waals surface area (Å²) in [5.74, 6) is -0.995. The highest BCUT2D eigenvalue weighted by Crippen LogP contribution is 2.30. The minimum absolute atomic E-state index is 0.450. The Bertz CT molecular complexity index is 426. The minimum atomic E-state index is -0.545. The van der Waals surface area contributed by atoms with Crippen LogP contribution >= 0.6 is 15.9 Å². The molecular weight excluding hydrogens is 234 g/mol. The van der Waals surface area contributed by atoms with Crippen LogP contribution < -0.4 is 5.32 Å². The van der Waals surface area contributed by atoms with Gasteiger partial charge in [-0.15, -0.1) is 0 Å². The molecule has 1 aliphatic rings. The van der Waals surface area contributed by atoms with Crippen molar-refractivity contribution in [1.29, 1.82) is 0 Å². The smallest absolute Gasteiger partial charge is 0.296 e. The summed E-state index contributed by atoms with van der Waals surface area (Å²) in [5, 5.41) is 2.51. The number of hydrogen-bond donors (Lipinski definition) is 1. The average molecular weight is 240 g/mol. The van der Waals surface area contributed by atoms with E-state index in [4.69, 9.17) is 0 Å². The highest BCUT2D eigenvalue weighted by atomic mass is 79.9. The van der Waals surface area contributed by atoms with Crippen molar-refractivity contribution in [2.24, 2.45) is 0 Å². The van der Waals surface area contributed by atoms with Crippen molar-refractivity contribution in [3.63, 3.8) is 0 Å². The first kappa shape index (κ1) is 8.44. The fourth-order valence-corrected chi connectivity index (χ4v) is 1.71. The number of carbonyl (C=O) groups excluding carboxylic acids is 2. The molecule has 0 saturated heterocycles. The molecular formula is C9H6BrNO2. The molecule has 1 aliphatic heterocycles. The fraction of sp³-hybridized carbons (Fsp3) is 0.111. The zero-order chi connectivity index (χ0) is 9.59. The molecule has 0 unspecified atom stereocenters. The Labute approximate surface area is 83.3 Å². The maximum Gasteiger partial charge on any atom is 0.296 e. The van der Waals surface area contributed by atoms with Crippen LogP contribution in [0.4, 0.5) is 5.69 Å². The van der Waals surface area contributed by atoms with Gasteiger partial charge < -0.3 is 5.32 Å². The van der Waals surface area contributed by atoms with Crippen LogP contribution in [-0.4, -0.2) is 11.7 Å². The van der Waals surface area contributed by atoms with Crippen molar-refractivity contribution in [2.75, 3.05) is 5.32 Å². The van der Waals surface area contributed by atoms with Gasteiger partial charge in [-0.1, -0.05) is 15.9 Å². The molecule has 0 aliphatic carbocycles. The molecule has 0 saturated carbocycles. The average Bonchev–Trinajstić information content (AvgIpc) is 2.37. The molecule has 3 nitrogen and oxygen atoms in total. The number of hydrogen-bond acceptors (Lipinski definition) is 2. The highest BCUT2D eigenvalue weighted by molar-refractivity contribution is 9.10. The van der Waals surface area contributed by atoms with Crippen molar-refractivity contribution in [3.05, 3.63) is 27.7 Å². The lowest BCUT2D eigenvalue weighted by Crippen LogP contribution is -2.12. The number of rotatable bonds is 0. The van der Waals surface area contributed by atoms with Crippen molar-refractivity contribution in [1.82, 2.24) is 0 Å². The SMILES string of the molecule is Cc1c(Br)ccc2c1C(=O)C(=O)N2. The predicted octanol–water partition coefficient (Wildman–Crippen LogP) is 1.89. The molecule has 1 amide bonds. The molecule has 0 radical (unpaired) electrons. The van der Waals surface area contributed by atoms with Crippen molar-refractivity contribution in [3.8, 4) is 0 Å². The maximum atomic E-state index is 11.3. The van der Waals surface area contributed by atoms with E-state index < -0.39 is 11.7 Å². The third-order valence-corrected chi connectivity index (χ3v) is 2.94. The third kappa shape index (κ3) is 1.09. The lowest BCUT2D eigenvalue weighted by Gasteiger charge is -2.02. The van der Waals surface area contributed by atoms with Gasteiger partial charge in [0.1, 0.15) is 0 Å². The zero-order valence-corrected chi connectivity index (χ0v) is 8.44. The Kier molecular flexibility index (Phi) is 1.73. The standard InChI is InChI=1S/C9H6BrNO2/c1-4-5(10)2-3-6-7(4)8(12)9(13)11-6/h2-3H,1H3,(H,11,12,13). The fourth-order valence-electron chi connectivity index (χ4n) is 1.38. The number of amides is 1. The molecule has 1 aromatic carbocycles. The Morgan fingerprint density at radius 2 is 2.00 bits per heavy atom. The molecule has 0 spiro atoms. The van der Waals surface area contributed by atoms with E-state index in [1.54, 1.807) is 13.0 Å². The van der Waals surface area contributed by atoms with Gasteiger partial charge in [-0.25, -0.2) is 0 Å². The third-order valence-electron chi connectivity index (χ3n) is 2.08. The van der Waals surface area contributed by atoms with Gasteiger partial charge in [0, 0.05) is 4.47 Å². The van der Waals surface area contributed by atoms with Crippen molar-refractivity contribution in [2.45, 2.75) is 6.92 Å². The number of ketones is 1. The number of fused-ring (bicyclic) bond motifs is 1. The topological polar surface area (TPSA) is 46.2 Å². The van der Waals surface area contributed by atoms with Crippen LogP contribution in [0, 0.1) is 6.92 Å². The Hall–Kier alpha value is -1.16. The monoisotopic (exact) mass is 239 g/mol. The molecule has 1 heterocycles. The van der Waals surface area contributed by atoms with Gasteiger partial charge in [0.05, 0.1) is 11.3 Å². The van der Waals surface area contributed by atoms with E-state index in [1.165, 1.54) is 0 Å². The molecule has 1 N–H and O–H groups in total. The second-order valence-electron chi connectivity index (χ2n) is 2.88. The largest absolute Gasteiger partial charge is 0.318 e. The van der Waals surface area contributed by atoms with Gasteiger partial charge in [0.2, 0.25) is 0 Å². The summed E-state index contributed by atoms with van der Waals surface area (Å²) in [5.41, 5.74) is 1.90. The number of carbonyl (C=O) groups is 2. The number of Topliss-reactive ketones (excluding diaryl/α,β-unsaturated/α-hetero) is 1. The lowest BCUT2D eigenvalue weighted by molar-refractivity contribution is -0.112. The lowest BCUT2D eigenvalue weighted by atomic mass is 10.1. The van der Waals surface area contributed by atoms with Crippen LogP contribution in [0.2, 0.25) is 0 Å². The first-order valence-electron chi connectivity index (χ1n) is 3.76. The second kappa shape index (κ2) is 2.67. The zero-order valence-electron chi connectivity index (χ0n) is 6.85. The molecule has 2 rings (SSSR count). The Morgan fingerprint density at radius 3 is 2.69 bits per heavy atom. The first-order valence-corrected chi connectivity index (χ1v) is 4.55. The summed E-state index contributed by atoms with van der Waals surface area (Å²) in [6, 6.07) is 3.53. The number of halogens is 1. The number of benzene rings is 1. The summed E-state index contributed by atoms with van der Waals surface area (Å²) >= 11 is 3.30. The van der Waals surface area contributed by atoms with E-state index in [2.05, 4.69) is 21.2 Å². The van der Waals surface area contributed by atoms with Crippen LogP contribution in [-0.2, 0) is 4.79 Å². The Balaban J connectivity index is 2.73. The summed E-state index contributed by atoms with van der Waals surface area (Å²) in [6.45, 7) is 1.81. The van der Waals surface area contributed by atoms with Gasteiger partial charge in [-0.3, -0.25) is 9.59 Å². The van der Waals surface area contributed by atoms with E-state index >= 15 is 0 Å². The van der Waals surface area contributed by atoms with Gasteiger partial charge in [-0.05, 0) is 24.6 Å². The van der Waals surface area contributed by atoms with Crippen LogP contribution in [0.15, 0.2) is 16.6 Å². The van der Waals surface area contributed by atoms with Gasteiger partial charge >= 0.3 is 0 Å². The molecule has 0 bridgehead atoms. The van der Waals surface area contributed by atoms with Gasteiger partial charge in [0.25, 0.3) is 11.7 Å². The van der Waals surface area contributed by atoms with Gasteiger partial charge in [-0.2, -0.15) is 0 Å². The summed E-state index contributed by atoms with van der Waals surface area (Å²) in [7, 11) is 0. The molecule has 0 fully saturated rings. The quantitative estimate of drug-likeness (QED) is 0.704. The van der Waals surface area contributed by atoms with Crippen molar-refractivity contribution < 1.29 is 9.59 Å². The molecule has 13 heavy (non-hydrogen) atoms. The van der Waals surface area contributed by atoms with Crippen LogP contribution in [0.5, 0.6) is 0 Å². The summed E-state index contributed by atoms with van der Waals surface area (Å²) in [6.07, 6.45) is 0. The minimum Gasteiger partial charge on any atom is -0.318 e. The van der Waals surface area contributed by atoms with E-state index in [0.717, 1.165) is 10.0 Å². The van der Waals surface area contributed by atoms with E-state index in [0.29, 0.717) is 11.3 Å². The van der Waals surface area contributed by atoms with Gasteiger partial charge in [0.15, 0.2) is 0 Å². The van der Waals surface area contributed by atoms with E-state index in [1.807, 2.05) is 6.07 Å². The van der Waals surface area contributed by atoms with Crippen molar-refractivity contribution >= 4 is 33.3 Å². The molecule has 0 atom stereocenters. The Morgan fingerprint density at radius 1 is 1.31 bits per heavy atom. The van der Waals surface area contributed by atoms with E-state index in [9.17, 15) is 9.59 Å². The molecule has 4 heteroatoms. The summed E-state index contributed by atoms with van der Waals surface area (Å²) in [4.78, 5) is 22.4. The summed E-state index contributed by atoms with van der Waals surface area (Å²) < 4.78 is 0.844. The molecule has 1 aromatic rings. The molecule has 66 valence electrons.